The van der Waals surface area contributed by atoms with Gasteiger partial charge in [-0.25, -0.2) is 0 Å². The first kappa shape index (κ1) is 13.8. The minimum atomic E-state index is 0.0592. The van der Waals surface area contributed by atoms with Crippen molar-refractivity contribution in [3.63, 3.8) is 0 Å². The largest absolute Gasteiger partial charge is 0.0622 e. The standard InChI is InChI=1S/C21H17Br/c1-21(2)18-11-7-6-10-15(18)17-12-16(20(22)13-19(17)21)14-8-4-3-5-9-14/h3-13H,1-2H3. The van der Waals surface area contributed by atoms with E-state index in [1.54, 1.807) is 0 Å². The van der Waals surface area contributed by atoms with Crippen molar-refractivity contribution < 1.29 is 0 Å². The Bertz CT molecular complexity index is 860. The maximum absolute atomic E-state index is 3.78. The third-order valence-corrected chi connectivity index (χ3v) is 5.41. The second kappa shape index (κ2) is 4.82. The second-order valence-corrected chi connectivity index (χ2v) is 7.27. The molecule has 0 atom stereocenters. The molecule has 0 spiro atoms. The van der Waals surface area contributed by atoms with Gasteiger partial charge in [0.1, 0.15) is 0 Å². The van der Waals surface area contributed by atoms with Crippen molar-refractivity contribution in [2.24, 2.45) is 0 Å². The normalized spacial score (nSPS) is 14.5. The molecule has 0 saturated carbocycles. The van der Waals surface area contributed by atoms with Crippen LogP contribution in [-0.4, -0.2) is 0 Å². The molecule has 0 heterocycles. The molecule has 0 N–H and O–H groups in total. The Morgan fingerprint density at radius 2 is 1.36 bits per heavy atom. The number of fused-ring (bicyclic) bond motifs is 3. The van der Waals surface area contributed by atoms with Gasteiger partial charge in [0.25, 0.3) is 0 Å². The summed E-state index contributed by atoms with van der Waals surface area (Å²) in [4.78, 5) is 0. The zero-order valence-electron chi connectivity index (χ0n) is 12.7. The summed E-state index contributed by atoms with van der Waals surface area (Å²) in [5.41, 5.74) is 8.12. The highest BCUT2D eigenvalue weighted by Crippen LogP contribution is 2.50. The lowest BCUT2D eigenvalue weighted by Gasteiger charge is -2.22. The Morgan fingerprint density at radius 1 is 0.682 bits per heavy atom. The van der Waals surface area contributed by atoms with Crippen molar-refractivity contribution in [1.82, 2.24) is 0 Å². The van der Waals surface area contributed by atoms with E-state index in [2.05, 4.69) is 96.5 Å². The molecule has 0 nitrogen and oxygen atoms in total. The van der Waals surface area contributed by atoms with Gasteiger partial charge in [-0.3, -0.25) is 0 Å². The molecule has 3 aromatic carbocycles. The Labute approximate surface area is 140 Å². The Hall–Kier alpha value is -1.86. The first-order valence-electron chi connectivity index (χ1n) is 7.58. The van der Waals surface area contributed by atoms with Gasteiger partial charge in [0.15, 0.2) is 0 Å². The monoisotopic (exact) mass is 348 g/mol. The number of hydrogen-bond acceptors (Lipinski definition) is 0. The summed E-state index contributed by atoms with van der Waals surface area (Å²) in [6.45, 7) is 4.62. The van der Waals surface area contributed by atoms with Gasteiger partial charge in [-0.15, -0.1) is 0 Å². The van der Waals surface area contributed by atoms with Gasteiger partial charge < -0.3 is 0 Å². The van der Waals surface area contributed by atoms with Gasteiger partial charge in [0, 0.05) is 9.89 Å². The van der Waals surface area contributed by atoms with E-state index in [1.807, 2.05) is 0 Å². The lowest BCUT2D eigenvalue weighted by Crippen LogP contribution is -2.14. The molecule has 0 bridgehead atoms. The van der Waals surface area contributed by atoms with Crippen LogP contribution in [0.3, 0.4) is 0 Å². The van der Waals surface area contributed by atoms with Crippen LogP contribution in [0.5, 0.6) is 0 Å². The van der Waals surface area contributed by atoms with Crippen molar-refractivity contribution in [3.8, 4) is 22.3 Å². The summed E-state index contributed by atoms with van der Waals surface area (Å²) in [6.07, 6.45) is 0. The summed E-state index contributed by atoms with van der Waals surface area (Å²) in [7, 11) is 0. The molecule has 0 unspecified atom stereocenters. The highest BCUT2D eigenvalue weighted by Gasteiger charge is 2.35. The van der Waals surface area contributed by atoms with Crippen LogP contribution < -0.4 is 0 Å². The summed E-state index contributed by atoms with van der Waals surface area (Å²) in [6, 6.07) is 24.0. The van der Waals surface area contributed by atoms with Crippen molar-refractivity contribution in [3.05, 3.63) is 82.3 Å². The molecular formula is C21H17Br. The molecule has 22 heavy (non-hydrogen) atoms. The fourth-order valence-corrected chi connectivity index (χ4v) is 4.13. The molecular weight excluding hydrogens is 332 g/mol. The Balaban J connectivity index is 2.01. The molecule has 0 aliphatic heterocycles. The molecule has 0 saturated heterocycles. The third-order valence-electron chi connectivity index (χ3n) is 4.76. The van der Waals surface area contributed by atoms with Crippen molar-refractivity contribution >= 4 is 15.9 Å². The molecule has 108 valence electrons. The van der Waals surface area contributed by atoms with E-state index in [4.69, 9.17) is 0 Å². The molecule has 0 fully saturated rings. The lowest BCUT2D eigenvalue weighted by atomic mass is 9.82. The third kappa shape index (κ3) is 1.89. The first-order valence-corrected chi connectivity index (χ1v) is 8.37. The van der Waals surface area contributed by atoms with Crippen molar-refractivity contribution in [1.29, 1.82) is 0 Å². The van der Waals surface area contributed by atoms with Crippen LogP contribution in [0.1, 0.15) is 25.0 Å². The van der Waals surface area contributed by atoms with Gasteiger partial charge in [0.2, 0.25) is 0 Å². The molecule has 1 aliphatic carbocycles. The molecule has 1 heteroatoms. The lowest BCUT2D eigenvalue weighted by molar-refractivity contribution is 0.660. The van der Waals surface area contributed by atoms with Crippen LogP contribution in [0.2, 0.25) is 0 Å². The highest BCUT2D eigenvalue weighted by atomic mass is 79.9. The number of rotatable bonds is 1. The van der Waals surface area contributed by atoms with Crippen LogP contribution in [0, 0.1) is 0 Å². The van der Waals surface area contributed by atoms with Gasteiger partial charge in [0.05, 0.1) is 0 Å². The van der Waals surface area contributed by atoms with E-state index in [-0.39, 0.29) is 5.41 Å². The van der Waals surface area contributed by atoms with E-state index < -0.39 is 0 Å². The average molecular weight is 349 g/mol. The predicted octanol–water partition coefficient (Wildman–Crippen LogP) is 6.42. The fraction of sp³-hybridized carbons (Fsp3) is 0.143. The molecule has 0 radical (unpaired) electrons. The van der Waals surface area contributed by atoms with E-state index in [9.17, 15) is 0 Å². The van der Waals surface area contributed by atoms with Gasteiger partial charge in [-0.1, -0.05) is 84.4 Å². The summed E-state index contributed by atoms with van der Waals surface area (Å²) in [5.74, 6) is 0. The van der Waals surface area contributed by atoms with Crippen molar-refractivity contribution in [2.75, 3.05) is 0 Å². The van der Waals surface area contributed by atoms with Crippen LogP contribution in [0.15, 0.2) is 71.2 Å². The maximum Gasteiger partial charge on any atom is 0.0257 e. The van der Waals surface area contributed by atoms with Gasteiger partial charge in [-0.05, 0) is 45.5 Å². The van der Waals surface area contributed by atoms with Crippen LogP contribution in [0.25, 0.3) is 22.3 Å². The first-order chi connectivity index (χ1) is 10.6. The molecule has 0 aromatic heterocycles. The van der Waals surface area contributed by atoms with Crippen LogP contribution >= 0.6 is 15.9 Å². The zero-order valence-corrected chi connectivity index (χ0v) is 14.3. The Morgan fingerprint density at radius 3 is 2.14 bits per heavy atom. The fourth-order valence-electron chi connectivity index (χ4n) is 3.56. The van der Waals surface area contributed by atoms with Gasteiger partial charge in [-0.2, -0.15) is 0 Å². The topological polar surface area (TPSA) is 0 Å². The SMILES string of the molecule is CC1(C)c2ccccc2-c2cc(-c3ccccc3)c(Br)cc21. The number of halogens is 1. The van der Waals surface area contributed by atoms with E-state index in [1.165, 1.54) is 37.9 Å². The minimum absolute atomic E-state index is 0.0592. The Kier molecular flexibility index (Phi) is 3.02. The van der Waals surface area contributed by atoms with E-state index >= 15 is 0 Å². The van der Waals surface area contributed by atoms with E-state index in [0.717, 1.165) is 0 Å². The predicted molar refractivity (Wildman–Crippen MR) is 97.1 cm³/mol. The molecule has 3 aromatic rings. The van der Waals surface area contributed by atoms with Gasteiger partial charge >= 0.3 is 0 Å². The molecule has 4 rings (SSSR count). The summed E-state index contributed by atoms with van der Waals surface area (Å²) < 4.78 is 1.17. The second-order valence-electron chi connectivity index (χ2n) is 6.41. The molecule has 0 amide bonds. The van der Waals surface area contributed by atoms with E-state index in [0.29, 0.717) is 0 Å². The quantitative estimate of drug-likeness (QED) is 0.475. The minimum Gasteiger partial charge on any atom is -0.0622 e. The summed E-state index contributed by atoms with van der Waals surface area (Å²) in [5, 5.41) is 0. The van der Waals surface area contributed by atoms with Crippen molar-refractivity contribution in [2.45, 2.75) is 19.3 Å². The number of hydrogen-bond donors (Lipinski definition) is 0. The van der Waals surface area contributed by atoms with Crippen LogP contribution in [0.4, 0.5) is 0 Å². The highest BCUT2D eigenvalue weighted by molar-refractivity contribution is 9.10. The zero-order chi connectivity index (χ0) is 15.3. The van der Waals surface area contributed by atoms with Crippen LogP contribution in [-0.2, 0) is 5.41 Å². The average Bonchev–Trinajstić information content (AvgIpc) is 2.76. The summed E-state index contributed by atoms with van der Waals surface area (Å²) >= 11 is 3.78. The number of benzene rings is 3. The smallest absolute Gasteiger partial charge is 0.0257 e. The maximum atomic E-state index is 3.78. The molecule has 1 aliphatic rings.